The lowest BCUT2D eigenvalue weighted by Crippen LogP contribution is -2.26. The van der Waals surface area contributed by atoms with E-state index < -0.39 is 0 Å². The average Bonchev–Trinajstić information content (AvgIpc) is 3.56. The van der Waals surface area contributed by atoms with Gasteiger partial charge in [0.15, 0.2) is 28.7 Å². The van der Waals surface area contributed by atoms with Crippen molar-refractivity contribution in [3.8, 4) is 23.0 Å². The summed E-state index contributed by atoms with van der Waals surface area (Å²) in [7, 11) is 4.21. The Bertz CT molecular complexity index is 1430. The lowest BCUT2D eigenvalue weighted by Gasteiger charge is -2.23. The summed E-state index contributed by atoms with van der Waals surface area (Å²) in [5, 5.41) is 0. The fourth-order valence-electron chi connectivity index (χ4n) is 5.81. The number of hydrogen-bond acceptors (Lipinski definition) is 5. The van der Waals surface area contributed by atoms with E-state index in [-0.39, 0.29) is 24.4 Å². The van der Waals surface area contributed by atoms with Gasteiger partial charge in [-0.3, -0.25) is 0 Å². The van der Waals surface area contributed by atoms with Gasteiger partial charge in [0, 0.05) is 46.0 Å². The van der Waals surface area contributed by atoms with Crippen LogP contribution in [-0.2, 0) is 10.8 Å². The van der Waals surface area contributed by atoms with Crippen LogP contribution >= 0.6 is 15.9 Å². The van der Waals surface area contributed by atoms with Crippen LogP contribution in [0.25, 0.3) is 0 Å². The van der Waals surface area contributed by atoms with Gasteiger partial charge < -0.3 is 23.8 Å². The minimum Gasteiger partial charge on any atom is -0.454 e. The van der Waals surface area contributed by atoms with Crippen LogP contribution in [0.4, 0.5) is 11.4 Å². The normalized spacial score (nSPS) is 21.7. The maximum absolute atomic E-state index is 5.63. The SMILES string of the molecule is CN1/C(=C/C=C(Br)\C=C\C2=[N+](C)c3cc4c(cc3C2(C)C)OCO4)C(C)(C)c2cc3c(cc21)OCO3. The lowest BCUT2D eigenvalue weighted by atomic mass is 9.81. The zero-order valence-electron chi connectivity index (χ0n) is 21.4. The molecule has 0 atom stereocenters. The standard InChI is InChI=1S/C29H30BrN2O4/c1-28(2)18-11-22-24(35-15-33-22)13-20(18)31(5)26(28)9-7-17(30)8-10-27-29(3,4)19-12-23-25(36-16-34-23)14-21(19)32(27)6/h7-14H,15-16H2,1-6H3/q+1. The lowest BCUT2D eigenvalue weighted by molar-refractivity contribution is -0.401. The zero-order valence-corrected chi connectivity index (χ0v) is 23.0. The van der Waals surface area contributed by atoms with Gasteiger partial charge in [-0.25, -0.2) is 0 Å². The largest absolute Gasteiger partial charge is 0.454 e. The molecule has 0 N–H and O–H groups in total. The number of nitrogens with zero attached hydrogens (tertiary/aromatic N) is 2. The number of allylic oxidation sites excluding steroid dienone is 6. The molecule has 6 rings (SSSR count). The summed E-state index contributed by atoms with van der Waals surface area (Å²) in [5.74, 6) is 3.26. The van der Waals surface area contributed by atoms with Gasteiger partial charge in [0.1, 0.15) is 7.05 Å². The molecule has 6 nitrogen and oxygen atoms in total. The van der Waals surface area contributed by atoms with Crippen molar-refractivity contribution in [2.75, 3.05) is 32.6 Å². The summed E-state index contributed by atoms with van der Waals surface area (Å²) in [6.45, 7) is 9.55. The number of rotatable bonds is 3. The van der Waals surface area contributed by atoms with Crippen molar-refractivity contribution in [2.45, 2.75) is 38.5 Å². The highest BCUT2D eigenvalue weighted by molar-refractivity contribution is 9.11. The van der Waals surface area contributed by atoms with E-state index in [1.165, 1.54) is 22.5 Å². The van der Waals surface area contributed by atoms with Crippen molar-refractivity contribution < 1.29 is 23.5 Å². The fourth-order valence-corrected chi connectivity index (χ4v) is 6.07. The Kier molecular flexibility index (Phi) is 5.10. The van der Waals surface area contributed by atoms with Crippen LogP contribution in [0.1, 0.15) is 38.8 Å². The molecule has 0 saturated heterocycles. The number of fused-ring (bicyclic) bond motifs is 4. The molecule has 2 aromatic carbocycles. The Labute approximate surface area is 220 Å². The maximum atomic E-state index is 5.63. The van der Waals surface area contributed by atoms with Crippen molar-refractivity contribution in [3.05, 3.63) is 69.9 Å². The summed E-state index contributed by atoms with van der Waals surface area (Å²) < 4.78 is 25.7. The molecule has 186 valence electrons. The van der Waals surface area contributed by atoms with Gasteiger partial charge in [-0.2, -0.15) is 4.58 Å². The number of hydrogen-bond donors (Lipinski definition) is 0. The number of likely N-dealkylation sites (N-methyl/N-ethyl adjacent to an activating group) is 1. The van der Waals surface area contributed by atoms with E-state index in [9.17, 15) is 0 Å². The molecule has 2 aromatic rings. The summed E-state index contributed by atoms with van der Waals surface area (Å²) in [6.07, 6.45) is 8.60. The Hall–Kier alpha value is -3.19. The molecule has 4 aliphatic heterocycles. The van der Waals surface area contributed by atoms with Crippen LogP contribution < -0.4 is 23.8 Å². The van der Waals surface area contributed by atoms with Crippen molar-refractivity contribution in [1.29, 1.82) is 0 Å². The first-order valence-corrected chi connectivity index (χ1v) is 12.9. The number of benzene rings is 2. The second-order valence-corrected chi connectivity index (χ2v) is 11.6. The third-order valence-corrected chi connectivity index (χ3v) is 8.38. The molecular formula is C29H30BrN2O4+. The van der Waals surface area contributed by atoms with E-state index in [1.807, 2.05) is 0 Å². The van der Waals surface area contributed by atoms with E-state index in [2.05, 4.69) is 116 Å². The molecule has 0 unspecified atom stereocenters. The van der Waals surface area contributed by atoms with Gasteiger partial charge in [0.05, 0.1) is 11.5 Å². The highest BCUT2D eigenvalue weighted by Crippen LogP contribution is 2.52. The minimum absolute atomic E-state index is 0.160. The summed E-state index contributed by atoms with van der Waals surface area (Å²) in [6, 6.07) is 8.40. The Morgan fingerprint density at radius 1 is 0.889 bits per heavy atom. The van der Waals surface area contributed by atoms with E-state index >= 15 is 0 Å². The van der Waals surface area contributed by atoms with Crippen LogP contribution in [0.15, 0.2) is 58.7 Å². The number of ether oxygens (including phenoxy) is 4. The summed E-state index contributed by atoms with van der Waals surface area (Å²) >= 11 is 3.76. The fraction of sp³-hybridized carbons (Fsp3) is 0.345. The molecule has 0 bridgehead atoms. The monoisotopic (exact) mass is 549 g/mol. The molecule has 0 aliphatic carbocycles. The van der Waals surface area contributed by atoms with Crippen molar-refractivity contribution in [3.63, 3.8) is 0 Å². The molecule has 0 radical (unpaired) electrons. The Balaban J connectivity index is 1.29. The first kappa shape index (κ1) is 23.2. The third kappa shape index (κ3) is 3.32. The minimum atomic E-state index is -0.160. The predicted octanol–water partition coefficient (Wildman–Crippen LogP) is 6.30. The number of anilines is 1. The van der Waals surface area contributed by atoms with Crippen molar-refractivity contribution in [2.24, 2.45) is 0 Å². The number of halogens is 1. The van der Waals surface area contributed by atoms with E-state index in [1.54, 1.807) is 0 Å². The summed E-state index contributed by atoms with van der Waals surface area (Å²) in [5.41, 5.74) is 6.88. The van der Waals surface area contributed by atoms with Crippen molar-refractivity contribution in [1.82, 2.24) is 0 Å². The Morgan fingerprint density at radius 2 is 1.47 bits per heavy atom. The predicted molar refractivity (Wildman–Crippen MR) is 145 cm³/mol. The quantitative estimate of drug-likeness (QED) is 0.332. The summed E-state index contributed by atoms with van der Waals surface area (Å²) in [4.78, 5) is 2.24. The maximum Gasteiger partial charge on any atom is 0.231 e. The molecule has 4 aliphatic rings. The van der Waals surface area contributed by atoms with Gasteiger partial charge in [-0.15, -0.1) is 0 Å². The molecule has 36 heavy (non-hydrogen) atoms. The smallest absolute Gasteiger partial charge is 0.231 e. The van der Waals surface area contributed by atoms with Gasteiger partial charge >= 0.3 is 0 Å². The second kappa shape index (κ2) is 7.90. The van der Waals surface area contributed by atoms with Crippen molar-refractivity contribution >= 4 is 33.0 Å². The van der Waals surface area contributed by atoms with Crippen LogP contribution in [-0.4, -0.2) is 38.0 Å². The highest BCUT2D eigenvalue weighted by atomic mass is 79.9. The van der Waals surface area contributed by atoms with Gasteiger partial charge in [0.2, 0.25) is 19.3 Å². The van der Waals surface area contributed by atoms with Gasteiger partial charge in [0.25, 0.3) is 0 Å². The van der Waals surface area contributed by atoms with Crippen LogP contribution in [0.3, 0.4) is 0 Å². The van der Waals surface area contributed by atoms with Crippen LogP contribution in [0, 0.1) is 0 Å². The molecule has 0 spiro atoms. The average molecular weight is 550 g/mol. The first-order chi connectivity index (χ1) is 17.1. The molecular weight excluding hydrogens is 520 g/mol. The molecule has 7 heteroatoms. The van der Waals surface area contributed by atoms with E-state index in [0.29, 0.717) is 0 Å². The van der Waals surface area contributed by atoms with Crippen LogP contribution in [0.5, 0.6) is 23.0 Å². The molecule has 0 amide bonds. The van der Waals surface area contributed by atoms with Gasteiger partial charge in [-0.05, 0) is 49.8 Å². The van der Waals surface area contributed by atoms with E-state index in [4.69, 9.17) is 18.9 Å². The zero-order chi connectivity index (χ0) is 25.4. The first-order valence-electron chi connectivity index (χ1n) is 12.1. The van der Waals surface area contributed by atoms with Gasteiger partial charge in [-0.1, -0.05) is 29.8 Å². The second-order valence-electron chi connectivity index (χ2n) is 10.6. The third-order valence-electron chi connectivity index (χ3n) is 7.86. The highest BCUT2D eigenvalue weighted by Gasteiger charge is 2.44. The molecule has 0 aromatic heterocycles. The Morgan fingerprint density at radius 3 is 2.14 bits per heavy atom. The topological polar surface area (TPSA) is 43.2 Å². The molecule has 0 saturated carbocycles. The van der Waals surface area contributed by atoms with Crippen LogP contribution in [0.2, 0.25) is 0 Å². The molecule has 4 heterocycles. The molecule has 0 fully saturated rings. The van der Waals surface area contributed by atoms with E-state index in [0.717, 1.165) is 38.9 Å².